The van der Waals surface area contributed by atoms with Crippen LogP contribution in [0.5, 0.6) is 0 Å². The Morgan fingerprint density at radius 3 is 1.86 bits per heavy atom. The van der Waals surface area contributed by atoms with Gasteiger partial charge in [-0.05, 0) is 64.6 Å². The molecule has 3 aromatic heterocycles. The van der Waals surface area contributed by atoms with Crippen LogP contribution >= 0.6 is 0 Å². The van der Waals surface area contributed by atoms with E-state index in [1.165, 1.54) is 0 Å². The van der Waals surface area contributed by atoms with Crippen molar-refractivity contribution in [3.05, 3.63) is 164 Å². The van der Waals surface area contributed by atoms with E-state index >= 15 is 0 Å². The van der Waals surface area contributed by atoms with Gasteiger partial charge in [0.1, 0.15) is 22.3 Å². The fraction of sp³-hybridized carbons (Fsp3) is 0. The van der Waals surface area contributed by atoms with E-state index in [0.717, 1.165) is 21.9 Å². The van der Waals surface area contributed by atoms with Crippen LogP contribution < -0.4 is 0 Å². The summed E-state index contributed by atoms with van der Waals surface area (Å²) in [5.74, 6) is 0.486. The molecule has 0 saturated carbocycles. The third-order valence-corrected chi connectivity index (χ3v) is 8.80. The quantitative estimate of drug-likeness (QED) is 0.186. The van der Waals surface area contributed by atoms with E-state index in [9.17, 15) is 5.48 Å². The molecular weight excluding hydrogens is 615 g/mol. The molecule has 0 radical (unpaired) electrons. The third-order valence-electron chi connectivity index (χ3n) is 8.80. The second kappa shape index (κ2) is 11.4. The molecule has 10 rings (SSSR count). The van der Waals surface area contributed by atoms with Crippen molar-refractivity contribution in [2.45, 2.75) is 0 Å². The lowest BCUT2D eigenvalue weighted by Gasteiger charge is -2.10. The van der Waals surface area contributed by atoms with Gasteiger partial charge in [0.2, 0.25) is 0 Å². The molecule has 0 N–H and O–H groups in total. The molecule has 3 heterocycles. The van der Waals surface area contributed by atoms with Crippen molar-refractivity contribution in [1.82, 2.24) is 15.0 Å². The Morgan fingerprint density at radius 2 is 1.02 bits per heavy atom. The summed E-state index contributed by atoms with van der Waals surface area (Å²) < 4.78 is 67.5. The lowest BCUT2D eigenvalue weighted by Crippen LogP contribution is -2.00. The monoisotopic (exact) mass is 647 g/mol. The second-order valence-electron chi connectivity index (χ2n) is 11.9. The molecule has 7 aromatic carbocycles. The summed E-state index contributed by atoms with van der Waals surface area (Å²) in [7, 11) is 0. The summed E-state index contributed by atoms with van der Waals surface area (Å²) in [4.78, 5) is 14.7. The van der Waals surface area contributed by atoms with Crippen molar-refractivity contribution >= 4 is 43.9 Å². The molecule has 50 heavy (non-hydrogen) atoms. The summed E-state index contributed by atoms with van der Waals surface area (Å²) in [6.45, 7) is 0. The fourth-order valence-corrected chi connectivity index (χ4v) is 6.38. The topological polar surface area (TPSA) is 65.0 Å². The van der Waals surface area contributed by atoms with Crippen molar-refractivity contribution < 1.29 is 17.1 Å². The Morgan fingerprint density at radius 1 is 0.380 bits per heavy atom. The zero-order chi connectivity index (χ0) is 38.2. The Hall–Kier alpha value is -6.85. The van der Waals surface area contributed by atoms with E-state index < -0.39 is 0 Å². The van der Waals surface area contributed by atoms with Crippen LogP contribution in [0.1, 0.15) is 8.22 Å². The van der Waals surface area contributed by atoms with Crippen molar-refractivity contribution in [2.75, 3.05) is 0 Å². The maximum Gasteiger partial charge on any atom is 0.167 e. The van der Waals surface area contributed by atoms with Gasteiger partial charge in [-0.1, -0.05) is 121 Å². The minimum absolute atomic E-state index is 0.0302. The molecule has 0 unspecified atom stereocenters. The van der Waals surface area contributed by atoms with Crippen LogP contribution in [0.15, 0.2) is 172 Å². The molecule has 10 aromatic rings. The van der Waals surface area contributed by atoms with E-state index in [2.05, 4.69) is 0 Å². The zero-order valence-electron chi connectivity index (χ0n) is 32.3. The molecule has 0 saturated heterocycles. The van der Waals surface area contributed by atoms with Gasteiger partial charge in [-0.25, -0.2) is 15.0 Å². The van der Waals surface area contributed by atoms with E-state index in [1.54, 1.807) is 24.3 Å². The van der Waals surface area contributed by atoms with Crippen LogP contribution in [0, 0.1) is 0 Å². The number of furan rings is 2. The van der Waals surface area contributed by atoms with Crippen molar-refractivity contribution in [2.24, 2.45) is 0 Å². The van der Waals surface area contributed by atoms with Gasteiger partial charge >= 0.3 is 0 Å². The van der Waals surface area contributed by atoms with Gasteiger partial charge in [-0.15, -0.1) is 0 Å². The molecule has 0 aliphatic rings. The molecule has 5 nitrogen and oxygen atoms in total. The number of para-hydroxylation sites is 2. The highest BCUT2D eigenvalue weighted by Gasteiger charge is 2.19. The maximum atomic E-state index is 9.47. The van der Waals surface area contributed by atoms with Crippen molar-refractivity contribution in [1.29, 1.82) is 0 Å². The summed E-state index contributed by atoms with van der Waals surface area (Å²) in [6.07, 6.45) is 0. The molecule has 0 aliphatic heterocycles. The summed E-state index contributed by atoms with van der Waals surface area (Å²) in [5, 5.41) is 1.95. The molecule has 0 fully saturated rings. The Labute approximate surface area is 295 Å². The standard InChI is InChI=1S/C45H27N3O2/c1-3-11-28(12-4-1)30-15-9-16-32(25-30)43-46-44(48-45(47-43)37-19-10-18-36-34-17-7-8-20-39(34)50-42(36)37)33-21-23-35-38-26-31(29-13-5-2-6-14-29)22-24-40(38)49-41(35)27-33/h1-27H/i21D,22D,23D,24D,26D,27D. The Balaban J connectivity index is 1.25. The summed E-state index contributed by atoms with van der Waals surface area (Å²) in [6, 6.07) is 38.5. The van der Waals surface area contributed by atoms with Gasteiger partial charge in [-0.2, -0.15) is 0 Å². The molecule has 0 amide bonds. The van der Waals surface area contributed by atoms with Crippen LogP contribution in [0.4, 0.5) is 0 Å². The maximum absolute atomic E-state index is 9.47. The largest absolute Gasteiger partial charge is 0.456 e. The van der Waals surface area contributed by atoms with Crippen LogP contribution in [0.2, 0.25) is 0 Å². The molecule has 0 bridgehead atoms. The number of aromatic nitrogens is 3. The van der Waals surface area contributed by atoms with Gasteiger partial charge in [-0.3, -0.25) is 0 Å². The van der Waals surface area contributed by atoms with Gasteiger partial charge in [0.25, 0.3) is 0 Å². The van der Waals surface area contributed by atoms with Gasteiger partial charge in [0.05, 0.1) is 13.8 Å². The summed E-state index contributed by atoms with van der Waals surface area (Å²) >= 11 is 0. The number of benzene rings is 7. The smallest absolute Gasteiger partial charge is 0.167 e. The van der Waals surface area contributed by atoms with Crippen LogP contribution in [0.25, 0.3) is 100 Å². The molecule has 234 valence electrons. The lowest BCUT2D eigenvalue weighted by atomic mass is 10.0. The normalized spacial score (nSPS) is 13.3. The predicted molar refractivity (Wildman–Crippen MR) is 202 cm³/mol. The average molecular weight is 648 g/mol. The number of hydrogen-bond donors (Lipinski definition) is 0. The first-order valence-corrected chi connectivity index (χ1v) is 16.1. The van der Waals surface area contributed by atoms with E-state index in [0.29, 0.717) is 27.9 Å². The Bertz CT molecular complexity index is 3220. The van der Waals surface area contributed by atoms with E-state index in [4.69, 9.17) is 26.5 Å². The van der Waals surface area contributed by atoms with E-state index in [1.807, 2.05) is 103 Å². The number of hydrogen-bond acceptors (Lipinski definition) is 5. The number of fused-ring (bicyclic) bond motifs is 6. The predicted octanol–water partition coefficient (Wildman–Crippen LogP) is 12.0. The van der Waals surface area contributed by atoms with E-state index in [-0.39, 0.29) is 86.8 Å². The van der Waals surface area contributed by atoms with Crippen molar-refractivity contribution in [3.8, 4) is 56.4 Å². The first-order chi connectivity index (χ1) is 27.3. The summed E-state index contributed by atoms with van der Waals surface area (Å²) in [5.41, 5.74) is 4.93. The third kappa shape index (κ3) is 4.75. The molecule has 0 aliphatic carbocycles. The van der Waals surface area contributed by atoms with Gasteiger partial charge in [0, 0.05) is 32.7 Å². The first kappa shape index (κ1) is 22.7. The zero-order valence-corrected chi connectivity index (χ0v) is 26.3. The van der Waals surface area contributed by atoms with Crippen LogP contribution in [0.3, 0.4) is 0 Å². The Kier molecular flexibility index (Phi) is 5.17. The second-order valence-corrected chi connectivity index (χ2v) is 11.9. The highest BCUT2D eigenvalue weighted by atomic mass is 16.3. The van der Waals surface area contributed by atoms with Crippen LogP contribution in [-0.4, -0.2) is 15.0 Å². The van der Waals surface area contributed by atoms with Crippen LogP contribution in [-0.2, 0) is 0 Å². The SMILES string of the molecule is [2H]c1c(-c2ccccc2)c([2H])c2c(oc3c([2H])c(-c4nc(-c5cccc(-c6ccccc6)c5)nc(-c5cccc6c5oc5ccccc56)n4)c([2H])c([2H])c32)c1[2H]. The number of nitrogens with zero attached hydrogens (tertiary/aromatic N) is 3. The lowest BCUT2D eigenvalue weighted by molar-refractivity contribution is 0.668. The van der Waals surface area contributed by atoms with Gasteiger partial charge < -0.3 is 8.83 Å². The van der Waals surface area contributed by atoms with Crippen molar-refractivity contribution in [3.63, 3.8) is 0 Å². The first-order valence-electron chi connectivity index (χ1n) is 19.1. The van der Waals surface area contributed by atoms with Gasteiger partial charge in [0.15, 0.2) is 17.5 Å². The minimum atomic E-state index is -0.351. The number of rotatable bonds is 5. The molecule has 0 atom stereocenters. The molecule has 0 spiro atoms. The average Bonchev–Trinajstić information content (AvgIpc) is 3.83. The molecular formula is C45H27N3O2. The minimum Gasteiger partial charge on any atom is -0.456 e. The fourth-order valence-electron chi connectivity index (χ4n) is 6.38. The highest BCUT2D eigenvalue weighted by molar-refractivity contribution is 6.09. The molecule has 5 heteroatoms. The highest BCUT2D eigenvalue weighted by Crippen LogP contribution is 2.38.